The van der Waals surface area contributed by atoms with E-state index in [0.717, 1.165) is 36.1 Å². The zero-order chi connectivity index (χ0) is 16.9. The third kappa shape index (κ3) is 3.70. The van der Waals surface area contributed by atoms with Gasteiger partial charge in [-0.3, -0.25) is 4.79 Å². The van der Waals surface area contributed by atoms with Gasteiger partial charge in [0.15, 0.2) is 0 Å². The molecule has 6 heteroatoms. The van der Waals surface area contributed by atoms with Crippen molar-refractivity contribution in [1.82, 2.24) is 0 Å². The van der Waals surface area contributed by atoms with Crippen molar-refractivity contribution in [2.75, 3.05) is 11.9 Å². The van der Waals surface area contributed by atoms with Crippen LogP contribution >= 0.6 is 22.7 Å². The van der Waals surface area contributed by atoms with Crippen LogP contribution < -0.4 is 5.32 Å². The monoisotopic (exact) mass is 363 g/mol. The van der Waals surface area contributed by atoms with E-state index < -0.39 is 0 Å². The Kier molecular flexibility index (Phi) is 5.68. The zero-order valence-corrected chi connectivity index (χ0v) is 15.3. The number of thiophene rings is 2. The molecule has 0 spiro atoms. The number of rotatable bonds is 5. The van der Waals surface area contributed by atoms with Crippen molar-refractivity contribution in [3.05, 3.63) is 28.5 Å². The molecule has 128 valence electrons. The van der Waals surface area contributed by atoms with Crippen molar-refractivity contribution in [3.8, 4) is 10.4 Å². The number of hydrogen-bond donors (Lipinski definition) is 1. The third-order valence-electron chi connectivity index (χ3n) is 4.27. The summed E-state index contributed by atoms with van der Waals surface area (Å²) < 4.78 is 5.21. The van der Waals surface area contributed by atoms with Gasteiger partial charge in [0.25, 0.3) is 0 Å². The van der Waals surface area contributed by atoms with Crippen LogP contribution in [0, 0.1) is 5.92 Å². The summed E-state index contributed by atoms with van der Waals surface area (Å²) in [5.74, 6) is -0.290. The molecular weight excluding hydrogens is 342 g/mol. The molecule has 2 aromatic heterocycles. The van der Waals surface area contributed by atoms with Crippen molar-refractivity contribution in [1.29, 1.82) is 0 Å². The van der Waals surface area contributed by atoms with Gasteiger partial charge < -0.3 is 10.1 Å². The molecule has 0 radical (unpaired) electrons. The number of esters is 1. The fourth-order valence-corrected chi connectivity index (χ4v) is 4.82. The first-order valence-electron chi connectivity index (χ1n) is 8.34. The van der Waals surface area contributed by atoms with Crippen LogP contribution in [-0.4, -0.2) is 18.5 Å². The summed E-state index contributed by atoms with van der Waals surface area (Å²) in [6, 6.07) is 3.93. The minimum atomic E-state index is -0.374. The fourth-order valence-electron chi connectivity index (χ4n) is 3.05. The molecule has 1 fully saturated rings. The number of carbonyl (C=O) groups is 2. The lowest BCUT2D eigenvalue weighted by molar-refractivity contribution is -0.120. The summed E-state index contributed by atoms with van der Waals surface area (Å²) in [5.41, 5.74) is 1.32. The van der Waals surface area contributed by atoms with Gasteiger partial charge in [0, 0.05) is 21.7 Å². The highest BCUT2D eigenvalue weighted by molar-refractivity contribution is 7.17. The molecule has 2 aromatic rings. The van der Waals surface area contributed by atoms with Crippen molar-refractivity contribution in [2.45, 2.75) is 39.0 Å². The standard InChI is InChI=1S/C18H21NO3S2/c1-2-22-18(21)15-13(14-9-6-10-23-14)11-24-17(15)19-16(20)12-7-4-3-5-8-12/h6,9-12H,2-5,7-8H2,1H3,(H,19,20). The highest BCUT2D eigenvalue weighted by Crippen LogP contribution is 2.38. The molecule has 0 bridgehead atoms. The van der Waals surface area contributed by atoms with E-state index in [2.05, 4.69) is 5.32 Å². The van der Waals surface area contributed by atoms with E-state index in [1.165, 1.54) is 17.8 Å². The van der Waals surface area contributed by atoms with Crippen LogP contribution in [0.15, 0.2) is 22.9 Å². The molecule has 1 aliphatic carbocycles. The quantitative estimate of drug-likeness (QED) is 0.745. The topological polar surface area (TPSA) is 55.4 Å². The van der Waals surface area contributed by atoms with E-state index in [1.54, 1.807) is 18.3 Å². The van der Waals surface area contributed by atoms with Gasteiger partial charge in [-0.1, -0.05) is 25.3 Å². The molecule has 1 aliphatic rings. The number of ether oxygens (including phenoxy) is 1. The largest absolute Gasteiger partial charge is 0.462 e. The Hall–Kier alpha value is -1.66. The minimum absolute atomic E-state index is 0.0276. The zero-order valence-electron chi connectivity index (χ0n) is 13.7. The molecule has 24 heavy (non-hydrogen) atoms. The second kappa shape index (κ2) is 7.94. The van der Waals surface area contributed by atoms with Crippen molar-refractivity contribution in [3.63, 3.8) is 0 Å². The number of carbonyl (C=O) groups excluding carboxylic acids is 2. The van der Waals surface area contributed by atoms with E-state index in [0.29, 0.717) is 17.2 Å². The number of nitrogens with one attached hydrogen (secondary N) is 1. The SMILES string of the molecule is CCOC(=O)c1c(-c2cccs2)csc1NC(=O)C1CCCCC1. The summed E-state index contributed by atoms with van der Waals surface area (Å²) in [6.45, 7) is 2.10. The summed E-state index contributed by atoms with van der Waals surface area (Å²) in [4.78, 5) is 26.0. The van der Waals surface area contributed by atoms with Crippen molar-refractivity contribution >= 4 is 39.6 Å². The lowest BCUT2D eigenvalue weighted by Gasteiger charge is -2.20. The van der Waals surface area contributed by atoms with Gasteiger partial charge in [0.05, 0.1) is 6.61 Å². The van der Waals surface area contributed by atoms with Crippen LogP contribution in [0.3, 0.4) is 0 Å². The average Bonchev–Trinajstić information content (AvgIpc) is 3.25. The molecule has 3 rings (SSSR count). The second-order valence-electron chi connectivity index (χ2n) is 5.88. The lowest BCUT2D eigenvalue weighted by atomic mass is 9.89. The Bertz CT molecular complexity index is 700. The third-order valence-corrected chi connectivity index (χ3v) is 6.07. The molecule has 0 aliphatic heterocycles. The smallest absolute Gasteiger partial charge is 0.341 e. The second-order valence-corrected chi connectivity index (χ2v) is 7.70. The maximum Gasteiger partial charge on any atom is 0.341 e. The van der Waals surface area contributed by atoms with Crippen LogP contribution in [0.2, 0.25) is 0 Å². The van der Waals surface area contributed by atoms with E-state index in [-0.39, 0.29) is 17.8 Å². The molecule has 0 aromatic carbocycles. The first-order valence-corrected chi connectivity index (χ1v) is 10.1. The maximum absolute atomic E-state index is 12.5. The molecule has 0 saturated heterocycles. The van der Waals surface area contributed by atoms with E-state index in [9.17, 15) is 9.59 Å². The van der Waals surface area contributed by atoms with Gasteiger partial charge in [-0.2, -0.15) is 0 Å². The maximum atomic E-state index is 12.5. The van der Waals surface area contributed by atoms with E-state index in [1.807, 2.05) is 22.9 Å². The Labute approximate surface area is 149 Å². The first kappa shape index (κ1) is 17.2. The summed E-state index contributed by atoms with van der Waals surface area (Å²) in [6.07, 6.45) is 5.29. The predicted octanol–water partition coefficient (Wildman–Crippen LogP) is 5.17. The van der Waals surface area contributed by atoms with Crippen LogP contribution in [0.4, 0.5) is 5.00 Å². The number of amides is 1. The number of hydrogen-bond acceptors (Lipinski definition) is 5. The predicted molar refractivity (Wildman–Crippen MR) is 98.8 cm³/mol. The molecule has 1 N–H and O–H groups in total. The highest BCUT2D eigenvalue weighted by atomic mass is 32.1. The minimum Gasteiger partial charge on any atom is -0.462 e. The van der Waals surface area contributed by atoms with Crippen LogP contribution in [0.1, 0.15) is 49.4 Å². The fraction of sp³-hybridized carbons (Fsp3) is 0.444. The molecular formula is C18H21NO3S2. The first-order chi connectivity index (χ1) is 11.7. The molecule has 1 amide bonds. The Morgan fingerprint density at radius 1 is 1.25 bits per heavy atom. The van der Waals surface area contributed by atoms with Crippen molar-refractivity contribution in [2.24, 2.45) is 5.92 Å². The van der Waals surface area contributed by atoms with Gasteiger partial charge in [-0.25, -0.2) is 4.79 Å². The molecule has 0 atom stereocenters. The Balaban J connectivity index is 1.86. The van der Waals surface area contributed by atoms with E-state index >= 15 is 0 Å². The van der Waals surface area contributed by atoms with Crippen molar-refractivity contribution < 1.29 is 14.3 Å². The lowest BCUT2D eigenvalue weighted by Crippen LogP contribution is -2.25. The Morgan fingerprint density at radius 2 is 2.04 bits per heavy atom. The molecule has 2 heterocycles. The molecule has 1 saturated carbocycles. The van der Waals surface area contributed by atoms with E-state index in [4.69, 9.17) is 4.74 Å². The van der Waals surface area contributed by atoms with Crippen LogP contribution in [0.25, 0.3) is 10.4 Å². The Morgan fingerprint density at radius 3 is 2.71 bits per heavy atom. The average molecular weight is 364 g/mol. The van der Waals surface area contributed by atoms with Gasteiger partial charge >= 0.3 is 5.97 Å². The summed E-state index contributed by atoms with van der Waals surface area (Å²) in [5, 5.41) is 7.49. The van der Waals surface area contributed by atoms with Gasteiger partial charge in [-0.05, 0) is 31.2 Å². The summed E-state index contributed by atoms with van der Waals surface area (Å²) in [7, 11) is 0. The van der Waals surface area contributed by atoms with Gasteiger partial charge in [0.2, 0.25) is 5.91 Å². The normalized spacial score (nSPS) is 15.2. The van der Waals surface area contributed by atoms with Crippen LogP contribution in [-0.2, 0) is 9.53 Å². The van der Waals surface area contributed by atoms with Gasteiger partial charge in [0.1, 0.15) is 10.6 Å². The summed E-state index contributed by atoms with van der Waals surface area (Å²) >= 11 is 2.97. The molecule has 4 nitrogen and oxygen atoms in total. The van der Waals surface area contributed by atoms with Gasteiger partial charge in [-0.15, -0.1) is 22.7 Å². The molecule has 0 unspecified atom stereocenters. The number of anilines is 1. The van der Waals surface area contributed by atoms with Crippen LogP contribution in [0.5, 0.6) is 0 Å². The highest BCUT2D eigenvalue weighted by Gasteiger charge is 2.26.